The van der Waals surface area contributed by atoms with Gasteiger partial charge < -0.3 is 5.32 Å². The average Bonchev–Trinajstić information content (AvgIpc) is 2.89. The summed E-state index contributed by atoms with van der Waals surface area (Å²) in [7, 11) is 0. The fourth-order valence-electron chi connectivity index (χ4n) is 2.73. The van der Waals surface area contributed by atoms with Gasteiger partial charge in [0.05, 0.1) is 10.4 Å². The summed E-state index contributed by atoms with van der Waals surface area (Å²) in [5.41, 5.74) is 0.0322. The molecule has 2 nitrogen and oxygen atoms in total. The Morgan fingerprint density at radius 2 is 1.73 bits per heavy atom. The summed E-state index contributed by atoms with van der Waals surface area (Å²) in [4.78, 5) is 2.89. The second-order valence-corrected chi connectivity index (χ2v) is 7.30. The lowest BCUT2D eigenvalue weighted by atomic mass is 10.0. The first kappa shape index (κ1) is 16.1. The van der Waals surface area contributed by atoms with Crippen LogP contribution >= 0.6 is 34.5 Å². The third-order valence-electron chi connectivity index (χ3n) is 3.70. The maximum absolute atomic E-state index is 14.4. The molecule has 0 saturated carbocycles. The van der Waals surface area contributed by atoms with Gasteiger partial charge in [0.15, 0.2) is 0 Å². The van der Waals surface area contributed by atoms with Crippen molar-refractivity contribution in [2.24, 2.45) is 0 Å². The topological polar surface area (TPSA) is 15.3 Å². The standard InChI is InChI=1S/C15H14Cl2F2N2S/c16-9-7-10(18)14(11(19)8-9)15(12-1-2-13(17)22-12)21-5-3-20-4-6-21/h1-2,7-8,15,20H,3-6H2/t15-/m0/s1. The van der Waals surface area contributed by atoms with E-state index in [1.165, 1.54) is 11.3 Å². The Bertz CT molecular complexity index is 648. The minimum absolute atomic E-state index is 0.0322. The van der Waals surface area contributed by atoms with Gasteiger partial charge in [-0.2, -0.15) is 0 Å². The molecule has 1 atom stereocenters. The van der Waals surface area contributed by atoms with E-state index in [0.29, 0.717) is 17.4 Å². The molecule has 0 spiro atoms. The van der Waals surface area contributed by atoms with Crippen molar-refractivity contribution in [3.8, 4) is 0 Å². The molecule has 0 amide bonds. The van der Waals surface area contributed by atoms with E-state index >= 15 is 0 Å². The number of hydrogen-bond donors (Lipinski definition) is 1. The van der Waals surface area contributed by atoms with E-state index in [0.717, 1.165) is 30.1 Å². The zero-order chi connectivity index (χ0) is 15.7. The van der Waals surface area contributed by atoms with Crippen LogP contribution in [0.5, 0.6) is 0 Å². The molecular formula is C15H14Cl2F2N2S. The fraction of sp³-hybridized carbons (Fsp3) is 0.333. The van der Waals surface area contributed by atoms with E-state index in [-0.39, 0.29) is 10.6 Å². The summed E-state index contributed by atoms with van der Waals surface area (Å²) in [6, 6.07) is 5.40. The Morgan fingerprint density at radius 1 is 1.09 bits per heavy atom. The van der Waals surface area contributed by atoms with Gasteiger partial charge in [0, 0.05) is 41.6 Å². The van der Waals surface area contributed by atoms with Gasteiger partial charge in [-0.3, -0.25) is 4.90 Å². The highest BCUT2D eigenvalue weighted by Crippen LogP contribution is 2.38. The van der Waals surface area contributed by atoms with Crippen LogP contribution in [0.1, 0.15) is 16.5 Å². The van der Waals surface area contributed by atoms with Crippen LogP contribution in [-0.2, 0) is 0 Å². The maximum atomic E-state index is 14.4. The summed E-state index contributed by atoms with van der Waals surface area (Å²) < 4.78 is 29.4. The van der Waals surface area contributed by atoms with Crippen LogP contribution in [0.15, 0.2) is 24.3 Å². The SMILES string of the molecule is Fc1cc(Cl)cc(F)c1[C@H](c1ccc(Cl)s1)N1CCNCC1. The smallest absolute Gasteiger partial charge is 0.132 e. The maximum Gasteiger partial charge on any atom is 0.132 e. The van der Waals surface area contributed by atoms with Crippen molar-refractivity contribution in [2.45, 2.75) is 6.04 Å². The van der Waals surface area contributed by atoms with Gasteiger partial charge in [0.25, 0.3) is 0 Å². The molecule has 1 N–H and O–H groups in total. The summed E-state index contributed by atoms with van der Waals surface area (Å²) in [5, 5.41) is 3.30. The van der Waals surface area contributed by atoms with E-state index in [1.54, 1.807) is 6.07 Å². The molecule has 1 aromatic heterocycles. The van der Waals surface area contributed by atoms with Crippen LogP contribution in [0, 0.1) is 11.6 Å². The molecule has 0 radical (unpaired) electrons. The molecule has 3 rings (SSSR count). The lowest BCUT2D eigenvalue weighted by molar-refractivity contribution is 0.194. The second kappa shape index (κ2) is 6.81. The van der Waals surface area contributed by atoms with Gasteiger partial charge in [-0.25, -0.2) is 8.78 Å². The van der Waals surface area contributed by atoms with Crippen LogP contribution in [0.25, 0.3) is 0 Å². The number of piperazine rings is 1. The van der Waals surface area contributed by atoms with Gasteiger partial charge in [-0.15, -0.1) is 11.3 Å². The van der Waals surface area contributed by atoms with Crippen molar-refractivity contribution >= 4 is 34.5 Å². The zero-order valence-electron chi connectivity index (χ0n) is 11.6. The molecule has 1 aliphatic rings. The van der Waals surface area contributed by atoms with Gasteiger partial charge in [-0.1, -0.05) is 23.2 Å². The molecule has 1 saturated heterocycles. The Balaban J connectivity index is 2.09. The number of hydrogen-bond acceptors (Lipinski definition) is 3. The van der Waals surface area contributed by atoms with Gasteiger partial charge in [0.1, 0.15) is 11.6 Å². The summed E-state index contributed by atoms with van der Waals surface area (Å²) in [5.74, 6) is -1.25. The van der Waals surface area contributed by atoms with Crippen molar-refractivity contribution in [3.05, 3.63) is 55.7 Å². The van der Waals surface area contributed by atoms with Crippen LogP contribution < -0.4 is 5.32 Å². The highest BCUT2D eigenvalue weighted by atomic mass is 35.5. The molecule has 1 aromatic carbocycles. The second-order valence-electron chi connectivity index (χ2n) is 5.11. The highest BCUT2D eigenvalue weighted by Gasteiger charge is 2.30. The van der Waals surface area contributed by atoms with Crippen LogP contribution in [0.4, 0.5) is 8.78 Å². The third kappa shape index (κ3) is 3.29. The van der Waals surface area contributed by atoms with Crippen molar-refractivity contribution in [1.82, 2.24) is 10.2 Å². The van der Waals surface area contributed by atoms with Gasteiger partial charge in [-0.05, 0) is 24.3 Å². The highest BCUT2D eigenvalue weighted by molar-refractivity contribution is 7.16. The first-order valence-electron chi connectivity index (χ1n) is 6.90. The quantitative estimate of drug-likeness (QED) is 0.874. The Morgan fingerprint density at radius 3 is 2.27 bits per heavy atom. The molecule has 0 unspecified atom stereocenters. The van der Waals surface area contributed by atoms with Crippen molar-refractivity contribution < 1.29 is 8.78 Å². The number of nitrogens with one attached hydrogen (secondary N) is 1. The fourth-order valence-corrected chi connectivity index (χ4v) is 4.13. The summed E-state index contributed by atoms with van der Waals surface area (Å²) >= 11 is 13.1. The van der Waals surface area contributed by atoms with Crippen molar-refractivity contribution in [2.75, 3.05) is 26.2 Å². The van der Waals surface area contributed by atoms with Gasteiger partial charge >= 0.3 is 0 Å². The normalized spacial score (nSPS) is 17.6. The van der Waals surface area contributed by atoms with Gasteiger partial charge in [0.2, 0.25) is 0 Å². The van der Waals surface area contributed by atoms with Crippen LogP contribution in [0.3, 0.4) is 0 Å². The molecular weight excluding hydrogens is 349 g/mol. The number of nitrogens with zero attached hydrogens (tertiary/aromatic N) is 1. The third-order valence-corrected chi connectivity index (χ3v) is 5.20. The number of halogens is 4. The molecule has 2 aromatic rings. The lowest BCUT2D eigenvalue weighted by Crippen LogP contribution is -2.45. The minimum atomic E-state index is -0.627. The number of rotatable bonds is 3. The Hall–Kier alpha value is -0.720. The van der Waals surface area contributed by atoms with E-state index in [9.17, 15) is 8.78 Å². The Kier molecular flexibility index (Phi) is 5.00. The predicted molar refractivity (Wildman–Crippen MR) is 87.0 cm³/mol. The predicted octanol–water partition coefficient (Wildman–Crippen LogP) is 4.33. The molecule has 118 valence electrons. The minimum Gasteiger partial charge on any atom is -0.314 e. The van der Waals surface area contributed by atoms with Crippen LogP contribution in [-0.4, -0.2) is 31.1 Å². The zero-order valence-corrected chi connectivity index (χ0v) is 13.9. The molecule has 22 heavy (non-hydrogen) atoms. The first-order valence-corrected chi connectivity index (χ1v) is 8.48. The lowest BCUT2D eigenvalue weighted by Gasteiger charge is -2.35. The van der Waals surface area contributed by atoms with Crippen molar-refractivity contribution in [3.63, 3.8) is 0 Å². The average molecular weight is 363 g/mol. The first-order chi connectivity index (χ1) is 10.6. The van der Waals surface area contributed by atoms with E-state index in [4.69, 9.17) is 23.2 Å². The summed E-state index contributed by atoms with van der Waals surface area (Å²) in [6.45, 7) is 2.99. The van der Waals surface area contributed by atoms with E-state index in [1.807, 2.05) is 6.07 Å². The molecule has 1 aliphatic heterocycles. The Labute approximate surface area is 141 Å². The summed E-state index contributed by atoms with van der Waals surface area (Å²) in [6.07, 6.45) is 0. The van der Waals surface area contributed by atoms with Crippen molar-refractivity contribution in [1.29, 1.82) is 0 Å². The van der Waals surface area contributed by atoms with E-state index in [2.05, 4.69) is 10.2 Å². The largest absolute Gasteiger partial charge is 0.314 e. The van der Waals surface area contributed by atoms with Crippen LogP contribution in [0.2, 0.25) is 9.36 Å². The van der Waals surface area contributed by atoms with E-state index < -0.39 is 17.7 Å². The number of benzene rings is 1. The molecule has 1 fully saturated rings. The molecule has 2 heterocycles. The molecule has 0 aliphatic carbocycles. The molecule has 7 heteroatoms. The monoisotopic (exact) mass is 362 g/mol. The molecule has 0 bridgehead atoms. The number of thiophene rings is 1.